The molecule has 0 aliphatic carbocycles. The van der Waals surface area contributed by atoms with E-state index in [0.29, 0.717) is 25.9 Å². The van der Waals surface area contributed by atoms with Crippen LogP contribution in [0.15, 0.2) is 0 Å². The van der Waals surface area contributed by atoms with E-state index in [-0.39, 0.29) is 0 Å². The smallest absolute Gasteiger partial charge is 0.317 e. The summed E-state index contributed by atoms with van der Waals surface area (Å²) in [5, 5.41) is 3.04. The van der Waals surface area contributed by atoms with Crippen LogP contribution in [0.4, 0.5) is 13.2 Å². The first-order valence-corrected chi connectivity index (χ1v) is 5.37. The predicted octanol–water partition coefficient (Wildman–Crippen LogP) is 2.67. The first-order valence-electron chi connectivity index (χ1n) is 4.49. The van der Waals surface area contributed by atoms with Crippen LogP contribution in [-0.4, -0.2) is 24.9 Å². The lowest BCUT2D eigenvalue weighted by molar-refractivity contribution is -0.252. The minimum atomic E-state index is -4.30. The van der Waals surface area contributed by atoms with Crippen molar-refractivity contribution in [3.05, 3.63) is 0 Å². The molecule has 1 saturated heterocycles. The van der Waals surface area contributed by atoms with Crippen LogP contribution in [0.25, 0.3) is 0 Å². The highest BCUT2D eigenvalue weighted by atomic mass is 127. The van der Waals surface area contributed by atoms with E-state index >= 15 is 0 Å². The largest absolute Gasteiger partial charge is 0.418 e. The highest BCUT2D eigenvalue weighted by Gasteiger charge is 2.57. The Balaban J connectivity index is 2.77. The van der Waals surface area contributed by atoms with Crippen molar-refractivity contribution in [2.45, 2.75) is 31.5 Å². The maximum absolute atomic E-state index is 12.7. The second kappa shape index (κ2) is 4.52. The van der Waals surface area contributed by atoms with Gasteiger partial charge in [0.1, 0.15) is 23.0 Å². The van der Waals surface area contributed by atoms with Gasteiger partial charge in [-0.05, 0) is 32.9 Å². The highest BCUT2D eigenvalue weighted by molar-refractivity contribution is 14.1. The molecule has 0 aromatic carbocycles. The Labute approximate surface area is 95.3 Å². The summed E-state index contributed by atoms with van der Waals surface area (Å²) in [6.07, 6.45) is -3.27. The first kappa shape index (κ1) is 12.5. The van der Waals surface area contributed by atoms with Gasteiger partial charge in [0.15, 0.2) is 5.60 Å². The van der Waals surface area contributed by atoms with E-state index in [1.807, 2.05) is 0 Å². The molecule has 0 radical (unpaired) electrons. The Morgan fingerprint density at radius 1 is 1.29 bits per heavy atom. The topological polar surface area (TPSA) is 21.3 Å². The molecule has 1 unspecified atom stereocenters. The van der Waals surface area contributed by atoms with Crippen LogP contribution in [0.3, 0.4) is 0 Å². The van der Waals surface area contributed by atoms with E-state index < -0.39 is 17.7 Å². The van der Waals surface area contributed by atoms with Gasteiger partial charge < -0.3 is 5.32 Å². The molecule has 1 aliphatic rings. The summed E-state index contributed by atoms with van der Waals surface area (Å²) < 4.78 is 42.9. The molecule has 84 valence electrons. The molecule has 0 amide bonds. The van der Waals surface area contributed by atoms with Gasteiger partial charge in [-0.25, -0.2) is 0 Å². The number of piperidine rings is 1. The standard InChI is InChI=1S/C8H13F3INO/c1-7(14-12,8(9,10)11)6-2-4-13-5-3-6/h6,13H,2-5H2,1H3. The number of alkyl halides is 3. The van der Waals surface area contributed by atoms with Crippen molar-refractivity contribution >= 4 is 23.0 Å². The van der Waals surface area contributed by atoms with Crippen LogP contribution in [0.1, 0.15) is 19.8 Å². The average Bonchev–Trinajstić information content (AvgIpc) is 2.16. The van der Waals surface area contributed by atoms with E-state index in [9.17, 15) is 13.2 Å². The predicted molar refractivity (Wildman–Crippen MR) is 55.2 cm³/mol. The summed E-state index contributed by atoms with van der Waals surface area (Å²) in [4.78, 5) is 0. The van der Waals surface area contributed by atoms with Crippen LogP contribution >= 0.6 is 23.0 Å². The van der Waals surface area contributed by atoms with Crippen molar-refractivity contribution in [2.75, 3.05) is 13.1 Å². The SMILES string of the molecule is CC(OI)(C1CCNCC1)C(F)(F)F. The normalized spacial score (nSPS) is 24.6. The second-order valence-electron chi connectivity index (χ2n) is 3.71. The first-order chi connectivity index (χ1) is 6.42. The zero-order valence-corrected chi connectivity index (χ0v) is 9.98. The third-order valence-corrected chi connectivity index (χ3v) is 3.76. The molecule has 14 heavy (non-hydrogen) atoms. The van der Waals surface area contributed by atoms with Crippen LogP contribution < -0.4 is 5.32 Å². The molecule has 1 atom stereocenters. The monoisotopic (exact) mass is 323 g/mol. The number of hydrogen-bond acceptors (Lipinski definition) is 2. The van der Waals surface area contributed by atoms with E-state index in [4.69, 9.17) is 0 Å². The Kier molecular flexibility index (Phi) is 4.04. The lowest BCUT2D eigenvalue weighted by Crippen LogP contribution is -2.52. The quantitative estimate of drug-likeness (QED) is 0.789. The Bertz CT molecular complexity index is 194. The van der Waals surface area contributed by atoms with Crippen molar-refractivity contribution < 1.29 is 16.2 Å². The Morgan fingerprint density at radius 3 is 2.14 bits per heavy atom. The van der Waals surface area contributed by atoms with E-state index in [0.717, 1.165) is 6.92 Å². The molecule has 0 bridgehead atoms. The number of halogens is 4. The average molecular weight is 323 g/mol. The summed E-state index contributed by atoms with van der Waals surface area (Å²) in [7, 11) is 0. The van der Waals surface area contributed by atoms with Crippen molar-refractivity contribution in [1.82, 2.24) is 5.32 Å². The maximum atomic E-state index is 12.7. The number of hydrogen-bond donors (Lipinski definition) is 1. The minimum absolute atomic E-state index is 0.444. The molecule has 0 saturated carbocycles. The van der Waals surface area contributed by atoms with Gasteiger partial charge in [0.2, 0.25) is 0 Å². The fourth-order valence-electron chi connectivity index (χ4n) is 1.71. The van der Waals surface area contributed by atoms with Crippen LogP contribution in [0, 0.1) is 5.92 Å². The molecule has 6 heteroatoms. The molecule has 1 rings (SSSR count). The lowest BCUT2D eigenvalue weighted by Gasteiger charge is -2.38. The van der Waals surface area contributed by atoms with Gasteiger partial charge in [-0.2, -0.15) is 13.2 Å². The summed E-state index contributed by atoms with van der Waals surface area (Å²) in [6.45, 7) is 2.40. The molecule has 2 nitrogen and oxygen atoms in total. The highest BCUT2D eigenvalue weighted by Crippen LogP contribution is 2.43. The van der Waals surface area contributed by atoms with Crippen molar-refractivity contribution in [2.24, 2.45) is 5.92 Å². The van der Waals surface area contributed by atoms with Crippen molar-refractivity contribution in [3.63, 3.8) is 0 Å². The summed E-state index contributed by atoms with van der Waals surface area (Å²) in [6, 6.07) is 0. The molecule has 1 aliphatic heterocycles. The third-order valence-electron chi connectivity index (χ3n) is 2.84. The Hall–Kier alpha value is 0.440. The maximum Gasteiger partial charge on any atom is 0.418 e. The van der Waals surface area contributed by atoms with Crippen LogP contribution in [0.2, 0.25) is 0 Å². The fourth-order valence-corrected chi connectivity index (χ4v) is 2.32. The summed E-state index contributed by atoms with van der Waals surface area (Å²) in [5.41, 5.74) is -2.00. The van der Waals surface area contributed by atoms with E-state index in [1.165, 1.54) is 23.0 Å². The van der Waals surface area contributed by atoms with E-state index in [2.05, 4.69) is 8.38 Å². The summed E-state index contributed by atoms with van der Waals surface area (Å²) >= 11 is 1.35. The van der Waals surface area contributed by atoms with E-state index in [1.54, 1.807) is 0 Å². The molecular weight excluding hydrogens is 310 g/mol. The van der Waals surface area contributed by atoms with Gasteiger partial charge >= 0.3 is 6.18 Å². The van der Waals surface area contributed by atoms with Crippen LogP contribution in [0.5, 0.6) is 0 Å². The second-order valence-corrected chi connectivity index (χ2v) is 4.15. The lowest BCUT2D eigenvalue weighted by atomic mass is 9.82. The van der Waals surface area contributed by atoms with Gasteiger partial charge in [0.05, 0.1) is 0 Å². The minimum Gasteiger partial charge on any atom is -0.317 e. The molecule has 0 aromatic heterocycles. The molecule has 1 N–H and O–H groups in total. The molecule has 1 heterocycles. The molecular formula is C8H13F3INO. The molecule has 0 aromatic rings. The van der Waals surface area contributed by atoms with Gasteiger partial charge in [-0.3, -0.25) is 3.07 Å². The fraction of sp³-hybridized carbons (Fsp3) is 1.00. The van der Waals surface area contributed by atoms with Crippen molar-refractivity contribution in [1.29, 1.82) is 0 Å². The van der Waals surface area contributed by atoms with Gasteiger partial charge in [-0.1, -0.05) is 0 Å². The number of nitrogens with one attached hydrogen (secondary N) is 1. The van der Waals surface area contributed by atoms with Crippen molar-refractivity contribution in [3.8, 4) is 0 Å². The third kappa shape index (κ3) is 2.33. The van der Waals surface area contributed by atoms with Crippen LogP contribution in [-0.2, 0) is 3.07 Å². The zero-order chi connectivity index (χ0) is 10.8. The Morgan fingerprint density at radius 2 is 1.79 bits per heavy atom. The molecule has 0 spiro atoms. The molecule has 1 fully saturated rings. The van der Waals surface area contributed by atoms with Gasteiger partial charge in [0.25, 0.3) is 0 Å². The van der Waals surface area contributed by atoms with Gasteiger partial charge in [-0.15, -0.1) is 0 Å². The summed E-state index contributed by atoms with van der Waals surface area (Å²) in [5.74, 6) is -0.444. The number of rotatable bonds is 2. The zero-order valence-electron chi connectivity index (χ0n) is 7.83. The van der Waals surface area contributed by atoms with Gasteiger partial charge in [0, 0.05) is 5.92 Å².